The lowest BCUT2D eigenvalue weighted by molar-refractivity contribution is -0.123. The van der Waals surface area contributed by atoms with E-state index in [1.54, 1.807) is 56.5 Å². The molecule has 8 heteroatoms. The van der Waals surface area contributed by atoms with Crippen LogP contribution in [0.5, 0.6) is 5.75 Å². The molecule has 8 nitrogen and oxygen atoms in total. The van der Waals surface area contributed by atoms with Crippen molar-refractivity contribution in [3.05, 3.63) is 65.7 Å². The predicted octanol–water partition coefficient (Wildman–Crippen LogP) is 3.01. The molecule has 0 aromatic heterocycles. The lowest BCUT2D eigenvalue weighted by Gasteiger charge is -2.14. The Morgan fingerprint density at radius 1 is 1.09 bits per heavy atom. The average molecular weight is 454 g/mol. The third kappa shape index (κ3) is 9.16. The van der Waals surface area contributed by atoms with Crippen LogP contribution in [-0.2, 0) is 14.3 Å². The highest BCUT2D eigenvalue weighted by molar-refractivity contribution is 6.01. The Bertz CT molecular complexity index is 957. The molecule has 1 unspecified atom stereocenters. The Balaban J connectivity index is 1.84. The number of hydrogen-bond acceptors (Lipinski definition) is 5. The highest BCUT2D eigenvalue weighted by Crippen LogP contribution is 2.13. The maximum absolute atomic E-state index is 12.5. The second kappa shape index (κ2) is 13.7. The number of rotatable bonds is 12. The first kappa shape index (κ1) is 25.6. The summed E-state index contributed by atoms with van der Waals surface area (Å²) in [6, 6.07) is 13.1. The molecule has 33 heavy (non-hydrogen) atoms. The van der Waals surface area contributed by atoms with Crippen molar-refractivity contribution >= 4 is 29.5 Å². The van der Waals surface area contributed by atoms with Gasteiger partial charge in [-0.15, -0.1) is 0 Å². The summed E-state index contributed by atoms with van der Waals surface area (Å²) in [5.41, 5.74) is 1.73. The number of carbonyl (C=O) groups excluding carboxylic acids is 3. The van der Waals surface area contributed by atoms with Crippen molar-refractivity contribution in [2.24, 2.45) is 0 Å². The molecule has 0 spiro atoms. The van der Waals surface area contributed by atoms with Gasteiger partial charge in [-0.2, -0.15) is 0 Å². The summed E-state index contributed by atoms with van der Waals surface area (Å²) >= 11 is 0. The van der Waals surface area contributed by atoms with Gasteiger partial charge in [0, 0.05) is 37.1 Å². The molecule has 0 heterocycles. The van der Waals surface area contributed by atoms with Crippen molar-refractivity contribution in [1.29, 1.82) is 0 Å². The van der Waals surface area contributed by atoms with Crippen molar-refractivity contribution in [2.45, 2.75) is 26.3 Å². The van der Waals surface area contributed by atoms with E-state index < -0.39 is 17.9 Å². The number of amides is 3. The van der Waals surface area contributed by atoms with Crippen molar-refractivity contribution in [1.82, 2.24) is 10.6 Å². The van der Waals surface area contributed by atoms with E-state index in [1.165, 1.54) is 6.08 Å². The largest absolute Gasteiger partial charge is 0.497 e. The third-order valence-corrected chi connectivity index (χ3v) is 4.64. The molecular formula is C25H31N3O5. The van der Waals surface area contributed by atoms with E-state index in [4.69, 9.17) is 9.47 Å². The molecule has 2 aromatic carbocycles. The molecule has 0 bridgehead atoms. The van der Waals surface area contributed by atoms with Crippen molar-refractivity contribution in [2.75, 3.05) is 32.2 Å². The standard InChI is InChI=1S/C25H31N3O5/c1-4-33-16-6-15-26-25(31)20-7-5-8-21(17-20)28-24(30)18(2)27-23(29)14-11-19-9-12-22(32-3)13-10-19/h5,7-14,17-18H,4,6,15-16H2,1-3H3,(H,26,31)(H,27,29)(H,28,30). The number of hydrogen-bond donors (Lipinski definition) is 3. The summed E-state index contributed by atoms with van der Waals surface area (Å²) in [5.74, 6) is -0.290. The first-order chi connectivity index (χ1) is 15.9. The van der Waals surface area contributed by atoms with Crippen LogP contribution in [0.3, 0.4) is 0 Å². The Kier molecular flexibility index (Phi) is 10.6. The molecule has 0 saturated heterocycles. The number of carbonyl (C=O) groups is 3. The average Bonchev–Trinajstić information content (AvgIpc) is 2.83. The SMILES string of the molecule is CCOCCCNC(=O)c1cccc(NC(=O)C(C)NC(=O)C=Cc2ccc(OC)cc2)c1. The van der Waals surface area contributed by atoms with E-state index in [9.17, 15) is 14.4 Å². The first-order valence-electron chi connectivity index (χ1n) is 10.8. The summed E-state index contributed by atoms with van der Waals surface area (Å²) < 4.78 is 10.3. The molecule has 3 N–H and O–H groups in total. The molecule has 0 fully saturated rings. The second-order valence-corrected chi connectivity index (χ2v) is 7.21. The highest BCUT2D eigenvalue weighted by Gasteiger charge is 2.15. The van der Waals surface area contributed by atoms with Gasteiger partial charge in [0.15, 0.2) is 0 Å². The molecule has 0 saturated carbocycles. The van der Waals surface area contributed by atoms with Gasteiger partial charge in [-0.3, -0.25) is 14.4 Å². The predicted molar refractivity (Wildman–Crippen MR) is 128 cm³/mol. The number of anilines is 1. The zero-order valence-electron chi connectivity index (χ0n) is 19.2. The van der Waals surface area contributed by atoms with Gasteiger partial charge in [0.05, 0.1) is 7.11 Å². The normalized spacial score (nSPS) is 11.6. The summed E-state index contributed by atoms with van der Waals surface area (Å²) in [5, 5.41) is 8.16. The van der Waals surface area contributed by atoms with Crippen molar-refractivity contribution in [3.8, 4) is 5.75 Å². The Morgan fingerprint density at radius 2 is 1.85 bits per heavy atom. The fourth-order valence-corrected chi connectivity index (χ4v) is 2.83. The lowest BCUT2D eigenvalue weighted by atomic mass is 10.1. The second-order valence-electron chi connectivity index (χ2n) is 7.21. The van der Waals surface area contributed by atoms with Crippen LogP contribution in [0.2, 0.25) is 0 Å². The van der Waals surface area contributed by atoms with Gasteiger partial charge in [0.2, 0.25) is 11.8 Å². The first-order valence-corrected chi connectivity index (χ1v) is 10.8. The molecule has 3 amide bonds. The molecule has 176 valence electrons. The van der Waals surface area contributed by atoms with E-state index in [-0.39, 0.29) is 5.91 Å². The molecule has 1 atom stereocenters. The minimum absolute atomic E-state index is 0.229. The van der Waals surface area contributed by atoms with Gasteiger partial charge < -0.3 is 25.4 Å². The van der Waals surface area contributed by atoms with Crippen LogP contribution in [0, 0.1) is 0 Å². The van der Waals surface area contributed by atoms with E-state index in [0.29, 0.717) is 31.0 Å². The van der Waals surface area contributed by atoms with Crippen LogP contribution in [0.15, 0.2) is 54.6 Å². The minimum Gasteiger partial charge on any atom is -0.497 e. The lowest BCUT2D eigenvalue weighted by Crippen LogP contribution is -2.40. The fourth-order valence-electron chi connectivity index (χ4n) is 2.83. The molecule has 0 aliphatic heterocycles. The highest BCUT2D eigenvalue weighted by atomic mass is 16.5. The van der Waals surface area contributed by atoms with Crippen LogP contribution in [-0.4, -0.2) is 50.6 Å². The van der Waals surface area contributed by atoms with Gasteiger partial charge in [0.1, 0.15) is 11.8 Å². The monoisotopic (exact) mass is 453 g/mol. The van der Waals surface area contributed by atoms with Crippen LogP contribution in [0.4, 0.5) is 5.69 Å². The van der Waals surface area contributed by atoms with E-state index in [0.717, 1.165) is 17.7 Å². The molecule has 0 aliphatic rings. The van der Waals surface area contributed by atoms with Gasteiger partial charge in [-0.1, -0.05) is 18.2 Å². The Labute approximate surface area is 194 Å². The minimum atomic E-state index is -0.769. The topological polar surface area (TPSA) is 106 Å². The number of benzene rings is 2. The van der Waals surface area contributed by atoms with E-state index in [1.807, 2.05) is 19.1 Å². The maximum Gasteiger partial charge on any atom is 0.251 e. The molecule has 0 radical (unpaired) electrons. The maximum atomic E-state index is 12.5. The van der Waals surface area contributed by atoms with Crippen LogP contribution in [0.25, 0.3) is 6.08 Å². The quantitative estimate of drug-likeness (QED) is 0.338. The van der Waals surface area contributed by atoms with Crippen molar-refractivity contribution in [3.63, 3.8) is 0 Å². The zero-order chi connectivity index (χ0) is 24.1. The van der Waals surface area contributed by atoms with Crippen LogP contribution in [0.1, 0.15) is 36.2 Å². The Morgan fingerprint density at radius 3 is 2.55 bits per heavy atom. The van der Waals surface area contributed by atoms with Gasteiger partial charge in [-0.05, 0) is 62.2 Å². The molecule has 2 rings (SSSR count). The zero-order valence-corrected chi connectivity index (χ0v) is 19.2. The summed E-state index contributed by atoms with van der Waals surface area (Å²) in [6.07, 6.45) is 3.73. The van der Waals surface area contributed by atoms with Gasteiger partial charge >= 0.3 is 0 Å². The van der Waals surface area contributed by atoms with Crippen LogP contribution < -0.4 is 20.7 Å². The van der Waals surface area contributed by atoms with Gasteiger partial charge in [0.25, 0.3) is 5.91 Å². The molecule has 2 aromatic rings. The van der Waals surface area contributed by atoms with E-state index >= 15 is 0 Å². The number of ether oxygens (including phenoxy) is 2. The summed E-state index contributed by atoms with van der Waals surface area (Å²) in [7, 11) is 1.58. The Hall–Kier alpha value is -3.65. The number of nitrogens with one attached hydrogen (secondary N) is 3. The number of methoxy groups -OCH3 is 1. The van der Waals surface area contributed by atoms with Crippen molar-refractivity contribution < 1.29 is 23.9 Å². The molecule has 0 aliphatic carbocycles. The van der Waals surface area contributed by atoms with Crippen LogP contribution >= 0.6 is 0 Å². The van der Waals surface area contributed by atoms with E-state index in [2.05, 4.69) is 16.0 Å². The molecular weight excluding hydrogens is 422 g/mol. The fraction of sp³-hybridized carbons (Fsp3) is 0.320. The summed E-state index contributed by atoms with van der Waals surface area (Å²) in [4.78, 5) is 36.9. The smallest absolute Gasteiger partial charge is 0.251 e. The van der Waals surface area contributed by atoms with Gasteiger partial charge in [-0.25, -0.2) is 0 Å². The third-order valence-electron chi connectivity index (χ3n) is 4.64. The summed E-state index contributed by atoms with van der Waals surface area (Å²) in [6.45, 7) is 5.25.